The van der Waals surface area contributed by atoms with Crippen LogP contribution in [0.25, 0.3) is 0 Å². The van der Waals surface area contributed by atoms with Crippen molar-refractivity contribution in [1.82, 2.24) is 37.0 Å². The van der Waals surface area contributed by atoms with Gasteiger partial charge in [0, 0.05) is 50.8 Å². The number of carbonyl (C=O) groups excluding carboxylic acids is 1. The summed E-state index contributed by atoms with van der Waals surface area (Å²) < 4.78 is 5.63. The molecule has 4 fully saturated rings. The summed E-state index contributed by atoms with van der Waals surface area (Å²) in [5.74, 6) is -0.00397. The van der Waals surface area contributed by atoms with Gasteiger partial charge in [-0.25, -0.2) is 10.9 Å². The Kier molecular flexibility index (Phi) is 10.7. The minimum atomic E-state index is -0.489. The molecule has 11 heteroatoms. The summed E-state index contributed by atoms with van der Waals surface area (Å²) in [5, 5.41) is 33.1. The molecular formula is C25H46N8O3. The van der Waals surface area contributed by atoms with E-state index in [4.69, 9.17) is 4.74 Å². The van der Waals surface area contributed by atoms with Crippen molar-refractivity contribution >= 4 is 5.91 Å². The maximum Gasteiger partial charge on any atom is 0.224 e. The van der Waals surface area contributed by atoms with E-state index in [0.29, 0.717) is 12.6 Å². The molecule has 2 aliphatic heterocycles. The Morgan fingerprint density at radius 3 is 2.81 bits per heavy atom. The number of rotatable bonds is 10. The van der Waals surface area contributed by atoms with Crippen LogP contribution >= 0.6 is 0 Å². The van der Waals surface area contributed by atoms with Crippen LogP contribution in [0.4, 0.5) is 0 Å². The summed E-state index contributed by atoms with van der Waals surface area (Å²) >= 11 is 0. The van der Waals surface area contributed by atoms with Crippen LogP contribution in [0, 0.1) is 23.2 Å². The van der Waals surface area contributed by atoms with Crippen LogP contribution in [0.5, 0.6) is 0 Å². The van der Waals surface area contributed by atoms with Crippen LogP contribution in [0.3, 0.4) is 0 Å². The number of β-amino-alcohol motifs (C(OH)–C–C–N with tert-alkyl or cyclic N) is 1. The predicted octanol–water partition coefficient (Wildman–Crippen LogP) is -0.688. The first-order chi connectivity index (χ1) is 17.6. The average Bonchev–Trinajstić information content (AvgIpc) is 3.33. The number of hydrogen-bond donors (Lipinski definition) is 7. The van der Waals surface area contributed by atoms with E-state index in [1.165, 1.54) is 0 Å². The van der Waals surface area contributed by atoms with Gasteiger partial charge in [-0.1, -0.05) is 19.3 Å². The monoisotopic (exact) mass is 506 g/mol. The smallest absolute Gasteiger partial charge is 0.224 e. The zero-order chi connectivity index (χ0) is 25.3. The number of hydrogen-bond acceptors (Lipinski definition) is 10. The summed E-state index contributed by atoms with van der Waals surface area (Å²) in [6.45, 7) is 3.21. The molecule has 2 aliphatic carbocycles. The van der Waals surface area contributed by atoms with Crippen LogP contribution in [0.15, 0.2) is 0 Å². The lowest BCUT2D eigenvalue weighted by molar-refractivity contribution is -0.127. The van der Waals surface area contributed by atoms with Gasteiger partial charge in [-0.15, -0.1) is 0 Å². The summed E-state index contributed by atoms with van der Waals surface area (Å²) in [4.78, 5) is 15.5. The molecule has 0 spiro atoms. The molecule has 36 heavy (non-hydrogen) atoms. The van der Waals surface area contributed by atoms with Gasteiger partial charge in [0.2, 0.25) is 5.91 Å². The van der Waals surface area contributed by atoms with Crippen molar-refractivity contribution in [1.29, 1.82) is 5.26 Å². The zero-order valence-electron chi connectivity index (χ0n) is 21.7. The van der Waals surface area contributed by atoms with Crippen molar-refractivity contribution in [2.75, 3.05) is 40.0 Å². The number of aliphatic hydroxyl groups excluding tert-OH is 1. The standard InChI is InChI=1S/C25H46N8O3/c1-36-22-8-3-2-7-19(22)21(14-26)30-25(35)17-5-4-6-18(13-17)28-15-23-31-32-24(33(23)11-12-34)20-9-10-27-16-29-20/h17-24,27-29,31-32,34H,2-13,15-16H2,1H3,(H,30,35)/t17?,18?,19?,20?,21-,22?,23?,24?/m1/s1. The van der Waals surface area contributed by atoms with Gasteiger partial charge in [0.15, 0.2) is 0 Å². The van der Waals surface area contributed by atoms with Gasteiger partial charge in [-0.05, 0) is 45.1 Å². The Labute approximate surface area is 215 Å². The molecule has 11 nitrogen and oxygen atoms in total. The fourth-order valence-electron chi connectivity index (χ4n) is 6.57. The molecule has 0 radical (unpaired) electrons. The van der Waals surface area contributed by atoms with E-state index in [1.807, 2.05) is 0 Å². The first kappa shape index (κ1) is 27.7. The zero-order valence-corrected chi connectivity index (χ0v) is 21.7. The SMILES string of the molecule is COC1CCCCC1[C@@H](C#N)NC(=O)C1CCCC(NCC2NNC(C3CCNCN3)N2CCO)C1. The lowest BCUT2D eigenvalue weighted by atomic mass is 9.80. The number of carbonyl (C=O) groups is 1. The molecule has 2 saturated carbocycles. The normalized spacial score (nSPS) is 36.8. The lowest BCUT2D eigenvalue weighted by Crippen LogP contribution is -2.59. The van der Waals surface area contributed by atoms with Gasteiger partial charge in [0.25, 0.3) is 0 Å². The molecule has 2 heterocycles. The molecule has 0 bridgehead atoms. The van der Waals surface area contributed by atoms with Gasteiger partial charge >= 0.3 is 0 Å². The van der Waals surface area contributed by atoms with E-state index >= 15 is 0 Å². The third-order valence-corrected chi connectivity index (χ3v) is 8.58. The summed E-state index contributed by atoms with van der Waals surface area (Å²) in [6.07, 6.45) is 9.01. The average molecular weight is 507 g/mol. The second kappa shape index (κ2) is 14.0. The first-order valence-corrected chi connectivity index (χ1v) is 13.9. The number of nitrogens with zero attached hydrogens (tertiary/aromatic N) is 2. The molecule has 4 rings (SSSR count). The van der Waals surface area contributed by atoms with Crippen molar-refractivity contribution in [2.45, 2.75) is 94.3 Å². The van der Waals surface area contributed by atoms with Crippen molar-refractivity contribution in [2.24, 2.45) is 11.8 Å². The maximum atomic E-state index is 13.2. The largest absolute Gasteiger partial charge is 0.395 e. The molecular weight excluding hydrogens is 460 g/mol. The topological polar surface area (TPSA) is 146 Å². The second-order valence-electron chi connectivity index (χ2n) is 10.8. The van der Waals surface area contributed by atoms with Crippen molar-refractivity contribution in [3.05, 3.63) is 0 Å². The third-order valence-electron chi connectivity index (χ3n) is 8.58. The van der Waals surface area contributed by atoms with E-state index in [9.17, 15) is 15.2 Å². The minimum Gasteiger partial charge on any atom is -0.395 e. The third kappa shape index (κ3) is 6.94. The number of hydrazine groups is 1. The fraction of sp³-hybridized carbons (Fsp3) is 0.920. The first-order valence-electron chi connectivity index (χ1n) is 13.9. The van der Waals surface area contributed by atoms with Crippen molar-refractivity contribution in [3.63, 3.8) is 0 Å². The highest BCUT2D eigenvalue weighted by Gasteiger charge is 2.39. The number of nitriles is 1. The molecule has 0 aromatic carbocycles. The Hall–Kier alpha value is -1.36. The summed E-state index contributed by atoms with van der Waals surface area (Å²) in [5.41, 5.74) is 6.83. The van der Waals surface area contributed by atoms with Crippen LogP contribution in [0.2, 0.25) is 0 Å². The highest BCUT2D eigenvalue weighted by Crippen LogP contribution is 2.30. The number of methoxy groups -OCH3 is 1. The molecule has 0 aromatic heterocycles. The van der Waals surface area contributed by atoms with Gasteiger partial charge in [0.05, 0.1) is 31.1 Å². The number of aliphatic hydroxyl groups is 1. The highest BCUT2D eigenvalue weighted by molar-refractivity contribution is 5.79. The molecule has 7 unspecified atom stereocenters. The van der Waals surface area contributed by atoms with Gasteiger partial charge < -0.3 is 25.8 Å². The van der Waals surface area contributed by atoms with E-state index in [0.717, 1.165) is 77.5 Å². The van der Waals surface area contributed by atoms with E-state index in [2.05, 4.69) is 43.1 Å². The second-order valence-corrected chi connectivity index (χ2v) is 10.8. The van der Waals surface area contributed by atoms with E-state index in [1.54, 1.807) is 7.11 Å². The number of amides is 1. The Morgan fingerprint density at radius 1 is 1.19 bits per heavy atom. The quantitative estimate of drug-likeness (QED) is 0.203. The molecule has 0 aromatic rings. The Morgan fingerprint density at radius 2 is 2.06 bits per heavy atom. The van der Waals surface area contributed by atoms with Gasteiger partial charge in [-0.3, -0.25) is 15.0 Å². The van der Waals surface area contributed by atoms with Gasteiger partial charge in [0.1, 0.15) is 6.04 Å². The maximum absolute atomic E-state index is 13.2. The number of ether oxygens (including phenoxy) is 1. The van der Waals surface area contributed by atoms with Crippen LogP contribution < -0.4 is 32.1 Å². The fourth-order valence-corrected chi connectivity index (χ4v) is 6.57. The summed E-state index contributed by atoms with van der Waals surface area (Å²) in [6, 6.07) is 2.43. The molecule has 8 atom stereocenters. The van der Waals surface area contributed by atoms with E-state index in [-0.39, 0.29) is 48.8 Å². The van der Waals surface area contributed by atoms with Crippen LogP contribution in [-0.4, -0.2) is 92.5 Å². The molecule has 204 valence electrons. The lowest BCUT2D eigenvalue weighted by Gasteiger charge is -2.36. The molecule has 4 aliphatic rings. The Bertz CT molecular complexity index is 731. The highest BCUT2D eigenvalue weighted by atomic mass is 16.5. The Balaban J connectivity index is 1.27. The van der Waals surface area contributed by atoms with Crippen LogP contribution in [0.1, 0.15) is 57.8 Å². The van der Waals surface area contributed by atoms with Gasteiger partial charge in [-0.2, -0.15) is 5.26 Å². The van der Waals surface area contributed by atoms with E-state index < -0.39 is 6.04 Å². The molecule has 2 saturated heterocycles. The number of nitrogens with one attached hydrogen (secondary N) is 6. The molecule has 7 N–H and O–H groups in total. The predicted molar refractivity (Wildman–Crippen MR) is 136 cm³/mol. The minimum absolute atomic E-state index is 0.00749. The van der Waals surface area contributed by atoms with Crippen molar-refractivity contribution in [3.8, 4) is 6.07 Å². The van der Waals surface area contributed by atoms with Crippen molar-refractivity contribution < 1.29 is 14.6 Å². The summed E-state index contributed by atoms with van der Waals surface area (Å²) in [7, 11) is 1.71. The molecule has 1 amide bonds. The van der Waals surface area contributed by atoms with Crippen LogP contribution in [-0.2, 0) is 9.53 Å².